The first kappa shape index (κ1) is 17.2. The fraction of sp³-hybridized carbons (Fsp3) is 0.357. The van der Waals surface area contributed by atoms with Gasteiger partial charge in [-0.1, -0.05) is 32.6 Å². The van der Waals surface area contributed by atoms with Gasteiger partial charge in [-0.05, 0) is 31.6 Å². The highest BCUT2D eigenvalue weighted by atomic mass is 19.4. The van der Waals surface area contributed by atoms with Crippen LogP contribution in [0.4, 0.5) is 13.2 Å². The molecule has 1 aromatic heterocycles. The molecular formula is C14H19F3N2. The van der Waals surface area contributed by atoms with Gasteiger partial charge in [-0.15, -0.1) is 0 Å². The number of hydrogen-bond donors (Lipinski definition) is 0. The standard InChI is InChI=1S/C12H13F3N2.C2H6/c1-4-6-10(7-5-2)17-11(12(13,14)15)9(3)8-16-17;1-2/h4-8H,1H2,2-3H3;1-2H3/b7-5-,10-6+;. The van der Waals surface area contributed by atoms with E-state index in [1.807, 2.05) is 13.8 Å². The van der Waals surface area contributed by atoms with E-state index in [1.54, 1.807) is 19.1 Å². The maximum atomic E-state index is 12.8. The summed E-state index contributed by atoms with van der Waals surface area (Å²) in [6.45, 7) is 10.6. The van der Waals surface area contributed by atoms with Crippen molar-refractivity contribution in [3.8, 4) is 0 Å². The second kappa shape index (κ2) is 7.61. The van der Waals surface area contributed by atoms with Crippen LogP contribution in [-0.4, -0.2) is 9.78 Å². The molecule has 0 N–H and O–H groups in total. The van der Waals surface area contributed by atoms with Gasteiger partial charge in [-0.2, -0.15) is 18.3 Å². The van der Waals surface area contributed by atoms with Gasteiger partial charge in [0, 0.05) is 0 Å². The zero-order valence-corrected chi connectivity index (χ0v) is 11.6. The van der Waals surface area contributed by atoms with Crippen LogP contribution >= 0.6 is 0 Å². The Balaban J connectivity index is 0.00000154. The van der Waals surface area contributed by atoms with E-state index in [1.165, 1.54) is 25.3 Å². The van der Waals surface area contributed by atoms with Crippen molar-refractivity contribution >= 4 is 5.70 Å². The molecule has 0 amide bonds. The minimum atomic E-state index is -4.43. The molecule has 0 unspecified atom stereocenters. The summed E-state index contributed by atoms with van der Waals surface area (Å²) < 4.78 is 39.4. The topological polar surface area (TPSA) is 17.8 Å². The number of hydrogen-bond acceptors (Lipinski definition) is 1. The van der Waals surface area contributed by atoms with E-state index in [4.69, 9.17) is 0 Å². The molecule has 2 nitrogen and oxygen atoms in total. The lowest BCUT2D eigenvalue weighted by atomic mass is 10.2. The number of aryl methyl sites for hydroxylation is 1. The van der Waals surface area contributed by atoms with Gasteiger partial charge in [0.1, 0.15) is 0 Å². The van der Waals surface area contributed by atoms with Crippen LogP contribution in [0.2, 0.25) is 0 Å². The Morgan fingerprint density at radius 3 is 2.37 bits per heavy atom. The molecule has 0 saturated heterocycles. The zero-order chi connectivity index (χ0) is 15.1. The number of aromatic nitrogens is 2. The maximum absolute atomic E-state index is 12.8. The normalized spacial score (nSPS) is 12.3. The van der Waals surface area contributed by atoms with Gasteiger partial charge in [0.15, 0.2) is 5.69 Å². The van der Waals surface area contributed by atoms with Gasteiger partial charge in [0.05, 0.1) is 11.9 Å². The van der Waals surface area contributed by atoms with Crippen LogP contribution in [0, 0.1) is 6.92 Å². The highest BCUT2D eigenvalue weighted by Crippen LogP contribution is 2.33. The third-order valence-corrected chi connectivity index (χ3v) is 2.09. The van der Waals surface area contributed by atoms with E-state index in [0.717, 1.165) is 4.68 Å². The molecular weight excluding hydrogens is 253 g/mol. The predicted octanol–water partition coefficient (Wildman–Crippen LogP) is 4.84. The Morgan fingerprint density at radius 2 is 1.95 bits per heavy atom. The molecule has 0 aliphatic heterocycles. The highest BCUT2D eigenvalue weighted by Gasteiger charge is 2.37. The van der Waals surface area contributed by atoms with Crippen molar-refractivity contribution in [2.24, 2.45) is 0 Å². The van der Waals surface area contributed by atoms with Crippen molar-refractivity contribution in [1.29, 1.82) is 0 Å². The van der Waals surface area contributed by atoms with E-state index in [-0.39, 0.29) is 5.56 Å². The van der Waals surface area contributed by atoms with Crippen molar-refractivity contribution in [1.82, 2.24) is 9.78 Å². The van der Waals surface area contributed by atoms with E-state index in [2.05, 4.69) is 11.7 Å². The van der Waals surface area contributed by atoms with Crippen LogP contribution < -0.4 is 0 Å². The van der Waals surface area contributed by atoms with Gasteiger partial charge in [-0.25, -0.2) is 4.68 Å². The monoisotopic (exact) mass is 272 g/mol. The number of nitrogens with zero attached hydrogens (tertiary/aromatic N) is 2. The van der Waals surface area contributed by atoms with Crippen LogP contribution in [0.3, 0.4) is 0 Å². The average molecular weight is 272 g/mol. The molecule has 0 aliphatic rings. The smallest absolute Gasteiger partial charge is 0.228 e. The first-order chi connectivity index (χ1) is 8.91. The molecule has 1 rings (SSSR count). The fourth-order valence-corrected chi connectivity index (χ4v) is 1.46. The lowest BCUT2D eigenvalue weighted by Crippen LogP contribution is -2.15. The predicted molar refractivity (Wildman–Crippen MR) is 72.6 cm³/mol. The molecule has 0 saturated carbocycles. The molecule has 0 aromatic carbocycles. The van der Waals surface area contributed by atoms with Gasteiger partial charge in [0.2, 0.25) is 0 Å². The minimum Gasteiger partial charge on any atom is -0.228 e. The number of alkyl halides is 3. The number of allylic oxidation sites excluding steroid dienone is 5. The van der Waals surface area contributed by atoms with Crippen molar-refractivity contribution in [3.05, 3.63) is 48.3 Å². The molecule has 1 aromatic rings. The van der Waals surface area contributed by atoms with Crippen molar-refractivity contribution in [2.45, 2.75) is 33.9 Å². The van der Waals surface area contributed by atoms with Gasteiger partial charge < -0.3 is 0 Å². The summed E-state index contributed by atoms with van der Waals surface area (Å²) in [6.07, 6.45) is 2.86. The SMILES string of the molecule is C=C/C=C(\C=C/C)n1ncc(C)c1C(F)(F)F.CC. The van der Waals surface area contributed by atoms with Crippen molar-refractivity contribution < 1.29 is 13.2 Å². The Kier molecular flexibility index (Phi) is 6.90. The van der Waals surface area contributed by atoms with Crippen LogP contribution in [0.5, 0.6) is 0 Å². The highest BCUT2D eigenvalue weighted by molar-refractivity contribution is 5.59. The molecule has 106 valence electrons. The van der Waals surface area contributed by atoms with Gasteiger partial charge in [0.25, 0.3) is 0 Å². The molecule has 0 spiro atoms. The molecule has 0 fully saturated rings. The van der Waals surface area contributed by atoms with Crippen molar-refractivity contribution in [2.75, 3.05) is 0 Å². The molecule has 1 heterocycles. The number of halogens is 3. The van der Waals surface area contributed by atoms with Gasteiger partial charge in [-0.3, -0.25) is 0 Å². The summed E-state index contributed by atoms with van der Waals surface area (Å²) in [7, 11) is 0. The minimum absolute atomic E-state index is 0.0944. The van der Waals surface area contributed by atoms with E-state index < -0.39 is 11.9 Å². The lowest BCUT2D eigenvalue weighted by Gasteiger charge is -2.12. The molecule has 0 atom stereocenters. The second-order valence-electron chi connectivity index (χ2n) is 3.41. The van der Waals surface area contributed by atoms with Crippen LogP contribution in [0.15, 0.2) is 37.1 Å². The Hall–Kier alpha value is -1.78. The van der Waals surface area contributed by atoms with E-state index in [9.17, 15) is 13.2 Å². The summed E-state index contributed by atoms with van der Waals surface area (Å²) in [6, 6.07) is 0. The van der Waals surface area contributed by atoms with E-state index >= 15 is 0 Å². The summed E-state index contributed by atoms with van der Waals surface area (Å²) in [5.74, 6) is 0. The summed E-state index contributed by atoms with van der Waals surface area (Å²) in [4.78, 5) is 0. The Morgan fingerprint density at radius 1 is 1.37 bits per heavy atom. The molecule has 19 heavy (non-hydrogen) atoms. The Bertz CT molecular complexity index is 466. The van der Waals surface area contributed by atoms with Crippen LogP contribution in [0.1, 0.15) is 32.0 Å². The summed E-state index contributed by atoms with van der Waals surface area (Å²) in [5.41, 5.74) is -0.344. The van der Waals surface area contributed by atoms with E-state index in [0.29, 0.717) is 5.70 Å². The average Bonchev–Trinajstić information content (AvgIpc) is 2.73. The first-order valence-corrected chi connectivity index (χ1v) is 5.99. The second-order valence-corrected chi connectivity index (χ2v) is 3.41. The lowest BCUT2D eigenvalue weighted by molar-refractivity contribution is -0.143. The van der Waals surface area contributed by atoms with Crippen LogP contribution in [-0.2, 0) is 6.18 Å². The largest absolute Gasteiger partial charge is 0.433 e. The third kappa shape index (κ3) is 4.43. The number of rotatable bonds is 3. The molecule has 0 radical (unpaired) electrons. The first-order valence-electron chi connectivity index (χ1n) is 5.99. The maximum Gasteiger partial charge on any atom is 0.433 e. The molecule has 0 aliphatic carbocycles. The van der Waals surface area contributed by atoms with Crippen LogP contribution in [0.25, 0.3) is 5.70 Å². The molecule has 0 bridgehead atoms. The third-order valence-electron chi connectivity index (χ3n) is 2.09. The van der Waals surface area contributed by atoms with Gasteiger partial charge >= 0.3 is 6.18 Å². The fourth-order valence-electron chi connectivity index (χ4n) is 1.46. The quantitative estimate of drug-likeness (QED) is 0.720. The zero-order valence-electron chi connectivity index (χ0n) is 11.6. The summed E-state index contributed by atoms with van der Waals surface area (Å²) >= 11 is 0. The molecule has 5 heteroatoms. The summed E-state index contributed by atoms with van der Waals surface area (Å²) in [5, 5.41) is 3.75. The Labute approximate surface area is 111 Å². The van der Waals surface area contributed by atoms with Crippen molar-refractivity contribution in [3.63, 3.8) is 0 Å².